The Balaban J connectivity index is 1.39. The molecule has 222 valence electrons. The summed E-state index contributed by atoms with van der Waals surface area (Å²) in [4.78, 5) is 43.4. The SMILES string of the molecule is COc1cc([C@H]2c3sc(=O)[nH]c3SC3C(=O)N(c4ccccc4C(F)(F)F)C(=O)C32)ccc1OCc1ccc(Cl)cc1Cl. The topological polar surface area (TPSA) is 88.7 Å². The first-order chi connectivity index (χ1) is 20.5. The molecule has 2 aliphatic rings. The standard InChI is InChI=1S/C29H19Cl2F3N2O5S2/c1-40-20-10-13(7-9-19(20)41-12-14-6-8-15(30)11-17(14)31)21-22-24(42-25-23(21)43-28(39)35-25)27(38)36(26(22)37)18-5-3-2-4-16(18)29(32,33)34/h2-11,21-22,24H,12H2,1H3,(H,35,39)/t21-,22?,24?/m1/s1. The second-order valence-electron chi connectivity index (χ2n) is 9.71. The van der Waals surface area contributed by atoms with Crippen molar-refractivity contribution in [2.45, 2.75) is 29.0 Å². The van der Waals surface area contributed by atoms with Crippen LogP contribution >= 0.6 is 46.3 Å². The lowest BCUT2D eigenvalue weighted by Crippen LogP contribution is -2.33. The Hall–Kier alpha value is -3.45. The van der Waals surface area contributed by atoms with Gasteiger partial charge in [0.05, 0.1) is 29.3 Å². The minimum Gasteiger partial charge on any atom is -0.493 e. The van der Waals surface area contributed by atoms with Crippen LogP contribution in [0.4, 0.5) is 18.9 Å². The van der Waals surface area contributed by atoms with Crippen molar-refractivity contribution < 1.29 is 32.2 Å². The van der Waals surface area contributed by atoms with Gasteiger partial charge in [-0.1, -0.05) is 70.6 Å². The van der Waals surface area contributed by atoms with E-state index in [9.17, 15) is 27.6 Å². The Labute approximate surface area is 260 Å². The molecular weight excluding hydrogens is 648 g/mol. The first-order valence-corrected chi connectivity index (χ1v) is 15.1. The summed E-state index contributed by atoms with van der Waals surface area (Å²) < 4.78 is 53.2. The van der Waals surface area contributed by atoms with Gasteiger partial charge in [0, 0.05) is 26.4 Å². The lowest BCUT2D eigenvalue weighted by Gasteiger charge is -2.30. The fourth-order valence-electron chi connectivity index (χ4n) is 5.31. The van der Waals surface area contributed by atoms with Crippen LogP contribution in [0.5, 0.6) is 11.5 Å². The molecule has 0 radical (unpaired) electrons. The van der Waals surface area contributed by atoms with E-state index in [2.05, 4.69) is 4.98 Å². The number of aromatic amines is 1. The van der Waals surface area contributed by atoms with Crippen molar-refractivity contribution in [3.63, 3.8) is 0 Å². The van der Waals surface area contributed by atoms with E-state index in [0.717, 1.165) is 35.2 Å². The molecule has 6 rings (SSSR count). The molecule has 2 aliphatic heterocycles. The molecule has 1 fully saturated rings. The van der Waals surface area contributed by atoms with Crippen LogP contribution in [0.15, 0.2) is 70.5 Å². The lowest BCUT2D eigenvalue weighted by atomic mass is 9.83. The van der Waals surface area contributed by atoms with E-state index in [0.29, 0.717) is 47.5 Å². The van der Waals surface area contributed by atoms with E-state index in [1.54, 1.807) is 36.4 Å². The largest absolute Gasteiger partial charge is 0.493 e. The number of H-pyrrole nitrogens is 1. The number of amides is 2. The first-order valence-electron chi connectivity index (χ1n) is 12.7. The van der Waals surface area contributed by atoms with Gasteiger partial charge in [-0.3, -0.25) is 14.4 Å². The van der Waals surface area contributed by atoms with Crippen molar-refractivity contribution >= 4 is 63.8 Å². The van der Waals surface area contributed by atoms with Crippen molar-refractivity contribution in [1.29, 1.82) is 0 Å². The second-order valence-corrected chi connectivity index (χ2v) is 12.7. The molecule has 1 aromatic heterocycles. The monoisotopic (exact) mass is 666 g/mol. The maximum absolute atomic E-state index is 13.9. The van der Waals surface area contributed by atoms with Gasteiger partial charge in [-0.25, -0.2) is 4.90 Å². The molecule has 0 aliphatic carbocycles. The zero-order valence-corrected chi connectivity index (χ0v) is 25.1. The fraction of sp³-hybridized carbons (Fsp3) is 0.207. The van der Waals surface area contributed by atoms with Gasteiger partial charge in [0.2, 0.25) is 11.8 Å². The number of hydrogen-bond donors (Lipinski definition) is 1. The van der Waals surface area contributed by atoms with E-state index < -0.39 is 46.3 Å². The highest BCUT2D eigenvalue weighted by Gasteiger charge is 2.57. The highest BCUT2D eigenvalue weighted by atomic mass is 35.5. The summed E-state index contributed by atoms with van der Waals surface area (Å²) in [5.74, 6) is -2.81. The van der Waals surface area contributed by atoms with Crippen LogP contribution in [0, 0.1) is 5.92 Å². The minimum absolute atomic E-state index is 0.0978. The maximum atomic E-state index is 13.9. The number of thiazole rings is 1. The normalized spacial score (nSPS) is 19.8. The van der Waals surface area contributed by atoms with Gasteiger partial charge in [0.1, 0.15) is 11.9 Å². The molecule has 4 aromatic rings. The third kappa shape index (κ3) is 5.30. The zero-order valence-electron chi connectivity index (χ0n) is 21.9. The number of halogens is 5. The summed E-state index contributed by atoms with van der Waals surface area (Å²) in [5.41, 5.74) is -0.421. The van der Waals surface area contributed by atoms with E-state index in [1.807, 2.05) is 0 Å². The number of hydrogen-bond acceptors (Lipinski definition) is 7. The van der Waals surface area contributed by atoms with Gasteiger partial charge >= 0.3 is 11.0 Å². The van der Waals surface area contributed by atoms with E-state index in [1.165, 1.54) is 19.2 Å². The first kappa shape index (κ1) is 29.6. The summed E-state index contributed by atoms with van der Waals surface area (Å²) in [6.07, 6.45) is -4.79. The smallest absolute Gasteiger partial charge is 0.418 e. The van der Waals surface area contributed by atoms with Gasteiger partial charge in [0.25, 0.3) is 0 Å². The summed E-state index contributed by atoms with van der Waals surface area (Å²) in [6.45, 7) is 0.0978. The van der Waals surface area contributed by atoms with Crippen molar-refractivity contribution in [2.75, 3.05) is 12.0 Å². The molecule has 1 saturated heterocycles. The summed E-state index contributed by atoms with van der Waals surface area (Å²) >= 11 is 14.1. The number of ether oxygens (including phenoxy) is 2. The van der Waals surface area contributed by atoms with Crippen molar-refractivity contribution in [3.8, 4) is 11.5 Å². The maximum Gasteiger partial charge on any atom is 0.418 e. The Morgan fingerprint density at radius 2 is 1.74 bits per heavy atom. The number of carbonyl (C=O) groups is 2. The Bertz CT molecular complexity index is 1830. The summed E-state index contributed by atoms with van der Waals surface area (Å²) in [6, 6.07) is 14.4. The molecule has 3 atom stereocenters. The number of carbonyl (C=O) groups excluding carboxylic acids is 2. The molecule has 0 spiro atoms. The van der Waals surface area contributed by atoms with Crippen LogP contribution in [0.1, 0.15) is 27.5 Å². The van der Waals surface area contributed by atoms with Crippen LogP contribution in [-0.4, -0.2) is 29.2 Å². The molecule has 14 heteroatoms. The molecule has 2 unspecified atom stereocenters. The number of benzene rings is 3. The highest BCUT2D eigenvalue weighted by molar-refractivity contribution is 8.00. The van der Waals surface area contributed by atoms with Gasteiger partial charge in [0.15, 0.2) is 11.5 Å². The van der Waals surface area contributed by atoms with E-state index >= 15 is 0 Å². The van der Waals surface area contributed by atoms with Crippen LogP contribution < -0.4 is 19.2 Å². The number of nitrogens with zero attached hydrogens (tertiary/aromatic N) is 1. The van der Waals surface area contributed by atoms with Crippen molar-refractivity contribution in [2.24, 2.45) is 5.92 Å². The van der Waals surface area contributed by atoms with E-state index in [4.69, 9.17) is 32.7 Å². The molecule has 0 saturated carbocycles. The number of fused-ring (bicyclic) bond motifs is 2. The van der Waals surface area contributed by atoms with Gasteiger partial charge in [-0.15, -0.1) is 0 Å². The van der Waals surface area contributed by atoms with Crippen LogP contribution in [0.25, 0.3) is 0 Å². The molecule has 3 heterocycles. The molecule has 1 N–H and O–H groups in total. The summed E-state index contributed by atoms with van der Waals surface area (Å²) in [7, 11) is 1.43. The van der Waals surface area contributed by atoms with Gasteiger partial charge < -0.3 is 14.5 Å². The molecule has 7 nitrogen and oxygen atoms in total. The minimum atomic E-state index is -4.79. The Morgan fingerprint density at radius 1 is 0.977 bits per heavy atom. The number of para-hydroxylation sites is 1. The number of thioether (sulfide) groups is 1. The van der Waals surface area contributed by atoms with Crippen molar-refractivity contribution in [1.82, 2.24) is 4.98 Å². The third-order valence-electron chi connectivity index (χ3n) is 7.22. The second kappa shape index (κ2) is 11.2. The zero-order chi connectivity index (χ0) is 30.6. The van der Waals surface area contributed by atoms with Gasteiger partial charge in [-0.2, -0.15) is 13.2 Å². The number of anilines is 1. The number of methoxy groups -OCH3 is 1. The van der Waals surface area contributed by atoms with Gasteiger partial charge in [-0.05, 0) is 42.0 Å². The van der Waals surface area contributed by atoms with Crippen molar-refractivity contribution in [3.05, 3.63) is 102 Å². The van der Waals surface area contributed by atoms with E-state index in [-0.39, 0.29) is 11.5 Å². The number of rotatable bonds is 6. The van der Waals surface area contributed by atoms with Crippen LogP contribution in [0.3, 0.4) is 0 Å². The molecule has 0 bridgehead atoms. The fourth-order valence-corrected chi connectivity index (χ4v) is 8.29. The molecular formula is C29H19Cl2F3N2O5S2. The Morgan fingerprint density at radius 3 is 2.47 bits per heavy atom. The predicted octanol–water partition coefficient (Wildman–Crippen LogP) is 7.15. The quantitative estimate of drug-likeness (QED) is 0.220. The molecule has 2 amide bonds. The number of aromatic nitrogens is 1. The average molecular weight is 668 g/mol. The average Bonchev–Trinajstić information content (AvgIpc) is 3.46. The number of alkyl halides is 3. The number of imide groups is 1. The predicted molar refractivity (Wildman–Crippen MR) is 158 cm³/mol. The molecule has 3 aromatic carbocycles. The Kier molecular flexibility index (Phi) is 7.74. The molecule has 43 heavy (non-hydrogen) atoms. The van der Waals surface area contributed by atoms with Crippen LogP contribution in [-0.2, 0) is 22.4 Å². The summed E-state index contributed by atoms with van der Waals surface area (Å²) in [5, 5.41) is 0.229. The lowest BCUT2D eigenvalue weighted by molar-refractivity contribution is -0.137. The highest BCUT2D eigenvalue weighted by Crippen LogP contribution is 2.54. The third-order valence-corrected chi connectivity index (χ3v) is 10.2. The van der Waals surface area contributed by atoms with Crippen LogP contribution in [0.2, 0.25) is 10.0 Å². The number of nitrogens with one attached hydrogen (secondary N) is 1.